The highest BCUT2D eigenvalue weighted by atomic mass is 16.5. The van der Waals surface area contributed by atoms with Crippen molar-refractivity contribution in [2.24, 2.45) is 0 Å². The van der Waals surface area contributed by atoms with Crippen molar-refractivity contribution in [1.82, 2.24) is 4.40 Å². The van der Waals surface area contributed by atoms with Crippen LogP contribution >= 0.6 is 0 Å². The van der Waals surface area contributed by atoms with E-state index < -0.39 is 0 Å². The summed E-state index contributed by atoms with van der Waals surface area (Å²) in [4.78, 5) is 12.2. The lowest BCUT2D eigenvalue weighted by Crippen LogP contribution is -2.05. The highest BCUT2D eigenvalue weighted by Crippen LogP contribution is 2.28. The van der Waals surface area contributed by atoms with E-state index in [1.165, 1.54) is 0 Å². The topological polar surface area (TPSA) is 30.7 Å². The number of hydrogen-bond acceptors (Lipinski definition) is 2. The summed E-state index contributed by atoms with van der Waals surface area (Å²) in [6.07, 6.45) is 1.96. The number of carbonyl (C=O) groups excluding carboxylic acids is 1. The molecule has 0 fully saturated rings. The summed E-state index contributed by atoms with van der Waals surface area (Å²) in [6, 6.07) is 17.7. The molecule has 0 radical (unpaired) electrons. The van der Waals surface area contributed by atoms with Crippen molar-refractivity contribution in [3.63, 3.8) is 0 Å². The summed E-state index contributed by atoms with van der Waals surface area (Å²) in [5.41, 5.74) is 3.46. The monoisotopic (exact) mass is 265 g/mol. The third-order valence-electron chi connectivity index (χ3n) is 3.22. The Balaban J connectivity index is 2.26. The molecule has 0 aliphatic rings. The first-order valence-electron chi connectivity index (χ1n) is 6.64. The molecule has 3 heteroatoms. The van der Waals surface area contributed by atoms with Crippen LogP contribution in [-0.4, -0.2) is 17.0 Å². The van der Waals surface area contributed by atoms with E-state index in [4.69, 9.17) is 4.74 Å². The molecule has 3 rings (SSSR count). The lowest BCUT2D eigenvalue weighted by Gasteiger charge is -2.06. The van der Waals surface area contributed by atoms with Crippen LogP contribution in [0, 0.1) is 0 Å². The molecule has 0 saturated carbocycles. The van der Waals surface area contributed by atoms with E-state index in [0.29, 0.717) is 12.2 Å². The van der Waals surface area contributed by atoms with Crippen LogP contribution in [0.4, 0.5) is 0 Å². The molecule has 20 heavy (non-hydrogen) atoms. The Labute approximate surface area is 117 Å². The molecule has 2 heterocycles. The average Bonchev–Trinajstić information content (AvgIpc) is 2.88. The van der Waals surface area contributed by atoms with Crippen LogP contribution in [0.25, 0.3) is 16.8 Å². The van der Waals surface area contributed by atoms with E-state index in [0.717, 1.165) is 16.8 Å². The third kappa shape index (κ3) is 2.07. The number of hydrogen-bond donors (Lipinski definition) is 0. The number of nitrogens with zero attached hydrogens (tertiary/aromatic N) is 1. The summed E-state index contributed by atoms with van der Waals surface area (Å²) in [5.74, 6) is -0.282. The number of carbonyl (C=O) groups is 1. The van der Waals surface area contributed by atoms with Crippen LogP contribution < -0.4 is 0 Å². The second kappa shape index (κ2) is 5.21. The smallest absolute Gasteiger partial charge is 0.340 e. The van der Waals surface area contributed by atoms with Crippen LogP contribution in [0.2, 0.25) is 0 Å². The zero-order valence-electron chi connectivity index (χ0n) is 11.2. The van der Waals surface area contributed by atoms with E-state index in [-0.39, 0.29) is 5.97 Å². The predicted octanol–water partition coefficient (Wildman–Crippen LogP) is 3.78. The molecule has 0 N–H and O–H groups in total. The van der Waals surface area contributed by atoms with Crippen molar-refractivity contribution in [1.29, 1.82) is 0 Å². The van der Waals surface area contributed by atoms with E-state index >= 15 is 0 Å². The van der Waals surface area contributed by atoms with Gasteiger partial charge >= 0.3 is 5.97 Å². The van der Waals surface area contributed by atoms with Gasteiger partial charge in [-0.05, 0) is 30.7 Å². The summed E-state index contributed by atoms with van der Waals surface area (Å²) in [5, 5.41) is 0. The molecule has 0 bridgehead atoms. The Morgan fingerprint density at radius 2 is 1.85 bits per heavy atom. The maximum Gasteiger partial charge on any atom is 0.340 e. The van der Waals surface area contributed by atoms with Gasteiger partial charge in [0.2, 0.25) is 0 Å². The lowest BCUT2D eigenvalue weighted by molar-refractivity contribution is 0.0527. The molecule has 0 atom stereocenters. The van der Waals surface area contributed by atoms with Gasteiger partial charge in [0.25, 0.3) is 0 Å². The van der Waals surface area contributed by atoms with Crippen molar-refractivity contribution < 1.29 is 9.53 Å². The van der Waals surface area contributed by atoms with Crippen molar-refractivity contribution in [2.75, 3.05) is 6.61 Å². The highest BCUT2D eigenvalue weighted by Gasteiger charge is 2.18. The van der Waals surface area contributed by atoms with Gasteiger partial charge in [0.15, 0.2) is 0 Å². The van der Waals surface area contributed by atoms with E-state index in [1.54, 1.807) is 0 Å². The van der Waals surface area contributed by atoms with Gasteiger partial charge in [0, 0.05) is 11.7 Å². The Morgan fingerprint density at radius 1 is 1.10 bits per heavy atom. The minimum absolute atomic E-state index is 0.282. The zero-order chi connectivity index (χ0) is 13.9. The normalized spacial score (nSPS) is 10.7. The van der Waals surface area contributed by atoms with Gasteiger partial charge in [-0.2, -0.15) is 0 Å². The molecule has 0 amide bonds. The summed E-state index contributed by atoms with van der Waals surface area (Å²) < 4.78 is 7.18. The van der Waals surface area contributed by atoms with Gasteiger partial charge in [0.05, 0.1) is 17.9 Å². The van der Waals surface area contributed by atoms with Gasteiger partial charge < -0.3 is 9.14 Å². The number of rotatable bonds is 3. The summed E-state index contributed by atoms with van der Waals surface area (Å²) in [7, 11) is 0. The maximum atomic E-state index is 12.2. The maximum absolute atomic E-state index is 12.2. The summed E-state index contributed by atoms with van der Waals surface area (Å²) in [6.45, 7) is 2.19. The molecular weight excluding hydrogens is 250 g/mol. The fraction of sp³-hybridized carbons (Fsp3) is 0.118. The van der Waals surface area contributed by atoms with Crippen molar-refractivity contribution in [3.8, 4) is 11.3 Å². The fourth-order valence-corrected chi connectivity index (χ4v) is 2.38. The number of pyridine rings is 1. The summed E-state index contributed by atoms with van der Waals surface area (Å²) >= 11 is 0. The van der Waals surface area contributed by atoms with Gasteiger partial charge in [-0.3, -0.25) is 0 Å². The van der Waals surface area contributed by atoms with Crippen LogP contribution in [-0.2, 0) is 4.74 Å². The zero-order valence-corrected chi connectivity index (χ0v) is 11.2. The molecule has 100 valence electrons. The molecule has 2 aromatic heterocycles. The Kier molecular flexibility index (Phi) is 3.25. The van der Waals surface area contributed by atoms with Crippen LogP contribution in [0.1, 0.15) is 17.3 Å². The first-order chi connectivity index (χ1) is 9.81. The molecule has 1 aromatic carbocycles. The predicted molar refractivity (Wildman–Crippen MR) is 78.8 cm³/mol. The number of aromatic nitrogens is 1. The minimum atomic E-state index is -0.282. The number of esters is 1. The van der Waals surface area contributed by atoms with E-state index in [9.17, 15) is 4.79 Å². The van der Waals surface area contributed by atoms with Crippen LogP contribution in [0.3, 0.4) is 0 Å². The largest absolute Gasteiger partial charge is 0.462 e. The quantitative estimate of drug-likeness (QED) is 0.675. The van der Waals surface area contributed by atoms with Gasteiger partial charge in [-0.1, -0.05) is 36.4 Å². The number of fused-ring (bicyclic) bond motifs is 1. The molecule has 3 aromatic rings. The van der Waals surface area contributed by atoms with Gasteiger partial charge in [-0.15, -0.1) is 0 Å². The minimum Gasteiger partial charge on any atom is -0.462 e. The van der Waals surface area contributed by atoms with E-state index in [1.807, 2.05) is 72.1 Å². The van der Waals surface area contributed by atoms with Gasteiger partial charge in [0.1, 0.15) is 0 Å². The Morgan fingerprint density at radius 3 is 2.60 bits per heavy atom. The number of ether oxygens (including phenoxy) is 1. The van der Waals surface area contributed by atoms with Crippen molar-refractivity contribution in [2.45, 2.75) is 6.92 Å². The standard InChI is InChI=1S/C17H15NO2/c1-2-20-17(19)15-12-14-10-6-7-11-18(14)16(15)13-8-4-3-5-9-13/h3-12H,2H2,1H3. The van der Waals surface area contributed by atoms with Crippen LogP contribution in [0.15, 0.2) is 60.8 Å². The number of benzene rings is 1. The Bertz CT molecular complexity index is 744. The first-order valence-corrected chi connectivity index (χ1v) is 6.64. The highest BCUT2D eigenvalue weighted by molar-refractivity contribution is 5.99. The average molecular weight is 265 g/mol. The van der Waals surface area contributed by atoms with Crippen molar-refractivity contribution >= 4 is 11.5 Å². The second-order valence-electron chi connectivity index (χ2n) is 4.49. The fourth-order valence-electron chi connectivity index (χ4n) is 2.38. The third-order valence-corrected chi connectivity index (χ3v) is 3.22. The molecule has 0 unspecified atom stereocenters. The van der Waals surface area contributed by atoms with E-state index in [2.05, 4.69) is 0 Å². The molecule has 3 nitrogen and oxygen atoms in total. The SMILES string of the molecule is CCOC(=O)c1cc2ccccn2c1-c1ccccc1. The van der Waals surface area contributed by atoms with Gasteiger partial charge in [-0.25, -0.2) is 4.79 Å². The molecule has 0 aliphatic carbocycles. The molecule has 0 saturated heterocycles. The lowest BCUT2D eigenvalue weighted by atomic mass is 10.1. The molecule has 0 aliphatic heterocycles. The first kappa shape index (κ1) is 12.5. The molecule has 0 spiro atoms. The molecular formula is C17H15NO2. The second-order valence-corrected chi connectivity index (χ2v) is 4.49. The van der Waals surface area contributed by atoms with Crippen molar-refractivity contribution in [3.05, 3.63) is 66.4 Å². The van der Waals surface area contributed by atoms with Crippen LogP contribution in [0.5, 0.6) is 0 Å². The Hall–Kier alpha value is -2.55.